The topological polar surface area (TPSA) is 24.9 Å². The third kappa shape index (κ3) is 6.99. The van der Waals surface area contributed by atoms with Crippen molar-refractivity contribution < 1.29 is 9.47 Å². The van der Waals surface area contributed by atoms with Crippen LogP contribution in [0.4, 0.5) is 0 Å². The third-order valence-corrected chi connectivity index (χ3v) is 3.10. The smallest absolute Gasteiger partial charge is 0.0548 e. The largest absolute Gasteiger partial charge is 0.384 e. The van der Waals surface area contributed by atoms with Crippen LogP contribution in [0.5, 0.6) is 0 Å². The molecule has 4 heteroatoms. The fraction of sp³-hybridized carbons (Fsp3) is 0.923. The zero-order valence-corrected chi connectivity index (χ0v) is 11.6. The summed E-state index contributed by atoms with van der Waals surface area (Å²) in [7, 11) is 3.91. The molecule has 0 aromatic rings. The van der Waals surface area contributed by atoms with Crippen LogP contribution in [0.25, 0.3) is 0 Å². The van der Waals surface area contributed by atoms with E-state index >= 15 is 0 Å². The van der Waals surface area contributed by atoms with Gasteiger partial charge in [0.25, 0.3) is 0 Å². The Morgan fingerprint density at radius 1 is 1.12 bits per heavy atom. The molecule has 0 atom stereocenters. The summed E-state index contributed by atoms with van der Waals surface area (Å²) in [5.74, 6) is 1.26. The van der Waals surface area contributed by atoms with Crippen molar-refractivity contribution in [2.75, 3.05) is 66.7 Å². The third-order valence-electron chi connectivity index (χ3n) is 3.10. The molecule has 0 saturated carbocycles. The van der Waals surface area contributed by atoms with Crippen LogP contribution in [0.15, 0.2) is 0 Å². The molecule has 1 rings (SSSR count). The quantitative estimate of drug-likeness (QED) is 0.591. The molecular weight excluding hydrogens is 216 g/mol. The van der Waals surface area contributed by atoms with Crippen molar-refractivity contribution in [1.82, 2.24) is 9.80 Å². The number of methoxy groups -OCH3 is 1. The first-order chi connectivity index (χ1) is 8.22. The Morgan fingerprint density at radius 2 is 1.82 bits per heavy atom. The lowest BCUT2D eigenvalue weighted by atomic mass is 10.2. The molecule has 4 nitrogen and oxygen atoms in total. The lowest BCUT2D eigenvalue weighted by Crippen LogP contribution is -2.44. The van der Waals surface area contributed by atoms with Crippen LogP contribution in [0, 0.1) is 5.92 Å². The second-order valence-electron chi connectivity index (χ2n) is 4.94. The van der Waals surface area contributed by atoms with Crippen LogP contribution in [0.2, 0.25) is 0 Å². The molecule has 0 N–H and O–H groups in total. The fourth-order valence-corrected chi connectivity index (χ4v) is 2.00. The minimum absolute atomic E-state index is 0.707. The standard InChI is InChI=1S/C13H27N2O2/c1-13(11-16-3)12-17-10-4-5-15-8-6-14(2)7-9-15/h4-12H2,1-3H3. The molecule has 1 fully saturated rings. The van der Waals surface area contributed by atoms with Gasteiger partial charge in [0.15, 0.2) is 0 Å². The van der Waals surface area contributed by atoms with Gasteiger partial charge < -0.3 is 19.3 Å². The summed E-state index contributed by atoms with van der Waals surface area (Å²) in [6.45, 7) is 10.3. The molecule has 0 unspecified atom stereocenters. The second-order valence-corrected chi connectivity index (χ2v) is 4.94. The molecular formula is C13H27N2O2. The van der Waals surface area contributed by atoms with E-state index in [0.717, 1.165) is 26.2 Å². The van der Waals surface area contributed by atoms with Crippen molar-refractivity contribution in [1.29, 1.82) is 0 Å². The zero-order chi connectivity index (χ0) is 12.5. The number of rotatable bonds is 8. The number of hydrogen-bond acceptors (Lipinski definition) is 4. The summed E-state index contributed by atoms with van der Waals surface area (Å²) in [5, 5.41) is 0. The number of nitrogens with zero attached hydrogens (tertiary/aromatic N) is 2. The Bertz CT molecular complexity index is 182. The Labute approximate surface area is 106 Å². The summed E-state index contributed by atoms with van der Waals surface area (Å²) in [4.78, 5) is 4.91. The van der Waals surface area contributed by atoms with Crippen LogP contribution >= 0.6 is 0 Å². The van der Waals surface area contributed by atoms with Gasteiger partial charge in [0.05, 0.1) is 13.2 Å². The molecule has 1 radical (unpaired) electrons. The van der Waals surface area contributed by atoms with Gasteiger partial charge in [-0.3, -0.25) is 0 Å². The molecule has 17 heavy (non-hydrogen) atoms. The van der Waals surface area contributed by atoms with Gasteiger partial charge in [0, 0.05) is 52.4 Å². The molecule has 1 aliphatic rings. The van der Waals surface area contributed by atoms with Crippen molar-refractivity contribution >= 4 is 0 Å². The second kappa shape index (κ2) is 8.86. The molecule has 0 aromatic carbocycles. The highest BCUT2D eigenvalue weighted by Crippen LogP contribution is 2.02. The van der Waals surface area contributed by atoms with Crippen LogP contribution in [0.3, 0.4) is 0 Å². The van der Waals surface area contributed by atoms with Crippen LogP contribution in [-0.2, 0) is 9.47 Å². The van der Waals surface area contributed by atoms with Gasteiger partial charge in [-0.1, -0.05) is 6.92 Å². The van der Waals surface area contributed by atoms with Crippen molar-refractivity contribution in [3.8, 4) is 0 Å². The molecule has 101 valence electrons. The molecule has 0 amide bonds. The van der Waals surface area contributed by atoms with Crippen molar-refractivity contribution in [2.45, 2.75) is 13.3 Å². The predicted octanol–water partition coefficient (Wildman–Crippen LogP) is 0.881. The first kappa shape index (κ1) is 14.9. The number of likely N-dealkylation sites (N-methyl/N-ethyl adjacent to an activating group) is 1. The summed E-state index contributed by atoms with van der Waals surface area (Å²) in [5.41, 5.74) is 0. The maximum atomic E-state index is 5.61. The highest BCUT2D eigenvalue weighted by Gasteiger charge is 2.12. The Kier molecular flexibility index (Phi) is 7.77. The zero-order valence-electron chi connectivity index (χ0n) is 11.6. The van der Waals surface area contributed by atoms with Crippen molar-refractivity contribution in [3.63, 3.8) is 0 Å². The summed E-state index contributed by atoms with van der Waals surface area (Å²) in [6.07, 6.45) is 1.13. The number of hydrogen-bond donors (Lipinski definition) is 0. The monoisotopic (exact) mass is 243 g/mol. The molecule has 1 aliphatic heterocycles. The molecule has 0 aliphatic carbocycles. The summed E-state index contributed by atoms with van der Waals surface area (Å²) < 4.78 is 10.6. The van der Waals surface area contributed by atoms with Crippen molar-refractivity contribution in [2.24, 2.45) is 0 Å². The molecule has 0 spiro atoms. The molecule has 1 saturated heterocycles. The maximum absolute atomic E-state index is 5.61. The Morgan fingerprint density at radius 3 is 2.47 bits per heavy atom. The predicted molar refractivity (Wildman–Crippen MR) is 70.2 cm³/mol. The van der Waals surface area contributed by atoms with E-state index in [-0.39, 0.29) is 0 Å². The molecule has 0 bridgehead atoms. The van der Waals surface area contributed by atoms with Gasteiger partial charge in [-0.15, -0.1) is 0 Å². The maximum Gasteiger partial charge on any atom is 0.0548 e. The molecule has 1 heterocycles. The van der Waals surface area contributed by atoms with Gasteiger partial charge in [-0.25, -0.2) is 0 Å². The van der Waals surface area contributed by atoms with Crippen molar-refractivity contribution in [3.05, 3.63) is 5.92 Å². The first-order valence-corrected chi connectivity index (χ1v) is 6.51. The average Bonchev–Trinajstić information content (AvgIpc) is 2.31. The van der Waals surface area contributed by atoms with E-state index in [2.05, 4.69) is 23.8 Å². The van der Waals surface area contributed by atoms with Crippen LogP contribution in [0.1, 0.15) is 13.3 Å². The summed E-state index contributed by atoms with van der Waals surface area (Å²) in [6, 6.07) is 0. The van der Waals surface area contributed by atoms with Gasteiger partial charge in [-0.2, -0.15) is 0 Å². The van der Waals surface area contributed by atoms with E-state index in [0.29, 0.717) is 6.61 Å². The number of piperazine rings is 1. The van der Waals surface area contributed by atoms with E-state index in [9.17, 15) is 0 Å². The summed E-state index contributed by atoms with van der Waals surface area (Å²) >= 11 is 0. The van der Waals surface area contributed by atoms with E-state index in [1.807, 2.05) is 0 Å². The highest BCUT2D eigenvalue weighted by molar-refractivity contribution is 4.82. The minimum atomic E-state index is 0.707. The first-order valence-electron chi connectivity index (χ1n) is 6.51. The van der Waals surface area contributed by atoms with Crippen LogP contribution in [-0.4, -0.2) is 76.5 Å². The van der Waals surface area contributed by atoms with E-state index in [1.54, 1.807) is 7.11 Å². The van der Waals surface area contributed by atoms with E-state index < -0.39 is 0 Å². The van der Waals surface area contributed by atoms with Gasteiger partial charge in [0.1, 0.15) is 0 Å². The lowest BCUT2D eigenvalue weighted by Gasteiger charge is -2.32. The minimum Gasteiger partial charge on any atom is -0.384 e. The fourth-order valence-electron chi connectivity index (χ4n) is 2.00. The highest BCUT2D eigenvalue weighted by atomic mass is 16.5. The lowest BCUT2D eigenvalue weighted by molar-refractivity contribution is 0.0997. The van der Waals surface area contributed by atoms with Crippen LogP contribution < -0.4 is 0 Å². The van der Waals surface area contributed by atoms with Gasteiger partial charge >= 0.3 is 0 Å². The SMILES string of the molecule is COC[C](C)COCCCN1CCN(C)CC1. The Hall–Kier alpha value is -0.160. The molecule has 0 aromatic heterocycles. The van der Waals surface area contributed by atoms with Gasteiger partial charge in [-0.05, 0) is 13.5 Å². The normalized spacial score (nSPS) is 19.1. The average molecular weight is 243 g/mol. The van der Waals surface area contributed by atoms with Gasteiger partial charge in [0.2, 0.25) is 0 Å². The Balaban J connectivity index is 1.90. The van der Waals surface area contributed by atoms with E-state index in [4.69, 9.17) is 9.47 Å². The number of ether oxygens (including phenoxy) is 2. The van der Waals surface area contributed by atoms with E-state index in [1.165, 1.54) is 32.1 Å².